The number of benzene rings is 1. The van der Waals surface area contributed by atoms with Crippen molar-refractivity contribution in [1.29, 1.82) is 0 Å². The number of aromatic nitrogens is 6. The van der Waals surface area contributed by atoms with Gasteiger partial charge in [0.25, 0.3) is 5.56 Å². The molecule has 0 aliphatic carbocycles. The van der Waals surface area contributed by atoms with Crippen LogP contribution in [0.1, 0.15) is 31.9 Å². The molecule has 0 amide bonds. The van der Waals surface area contributed by atoms with Gasteiger partial charge in [0.1, 0.15) is 0 Å². The van der Waals surface area contributed by atoms with Gasteiger partial charge in [-0.15, -0.1) is 0 Å². The van der Waals surface area contributed by atoms with E-state index in [9.17, 15) is 9.59 Å². The summed E-state index contributed by atoms with van der Waals surface area (Å²) in [5.74, 6) is 0. The second kappa shape index (κ2) is 7.81. The van der Waals surface area contributed by atoms with Gasteiger partial charge in [0.2, 0.25) is 0 Å². The molecule has 0 fully saturated rings. The molecule has 0 saturated carbocycles. The molecule has 3 heterocycles. The molecule has 160 valence electrons. The lowest BCUT2D eigenvalue weighted by Crippen LogP contribution is -2.37. The molecule has 0 atom stereocenters. The van der Waals surface area contributed by atoms with Crippen LogP contribution in [0.3, 0.4) is 0 Å². The van der Waals surface area contributed by atoms with Crippen LogP contribution in [0.4, 0.5) is 0 Å². The molecule has 9 heteroatoms. The zero-order valence-electron chi connectivity index (χ0n) is 18.2. The summed E-state index contributed by atoms with van der Waals surface area (Å²) >= 11 is 1.26. The van der Waals surface area contributed by atoms with Crippen molar-refractivity contribution in [1.82, 2.24) is 28.7 Å². The van der Waals surface area contributed by atoms with Gasteiger partial charge in [-0.25, -0.2) is 19.7 Å². The Morgan fingerprint density at radius 1 is 0.968 bits per heavy atom. The van der Waals surface area contributed by atoms with Crippen molar-refractivity contribution in [3.63, 3.8) is 0 Å². The molecule has 0 spiro atoms. The predicted octanol–water partition coefficient (Wildman–Crippen LogP) is 2.72. The van der Waals surface area contributed by atoms with Crippen LogP contribution in [0.5, 0.6) is 0 Å². The quantitative estimate of drug-likeness (QED) is 0.457. The molecule has 0 aliphatic heterocycles. The third kappa shape index (κ3) is 3.93. The van der Waals surface area contributed by atoms with Crippen molar-refractivity contribution in [3.05, 3.63) is 74.7 Å². The summed E-state index contributed by atoms with van der Waals surface area (Å²) in [7, 11) is 3.11. The second-order valence-corrected chi connectivity index (χ2v) is 9.37. The van der Waals surface area contributed by atoms with Crippen LogP contribution in [-0.4, -0.2) is 28.7 Å². The molecule has 3 aromatic heterocycles. The number of hydrogen-bond acceptors (Lipinski definition) is 6. The van der Waals surface area contributed by atoms with Crippen LogP contribution >= 0.6 is 11.8 Å². The Morgan fingerprint density at radius 2 is 1.61 bits per heavy atom. The van der Waals surface area contributed by atoms with E-state index in [2.05, 4.69) is 60.0 Å². The van der Waals surface area contributed by atoms with Crippen molar-refractivity contribution < 1.29 is 0 Å². The number of hydrogen-bond donors (Lipinski definition) is 0. The Labute approximate surface area is 183 Å². The summed E-state index contributed by atoms with van der Waals surface area (Å²) in [4.78, 5) is 38.4. The predicted molar refractivity (Wildman–Crippen MR) is 121 cm³/mol. The highest BCUT2D eigenvalue weighted by atomic mass is 32.2. The lowest BCUT2D eigenvalue weighted by atomic mass is 9.87. The smallest absolute Gasteiger partial charge is 0.300 e. The lowest BCUT2D eigenvalue weighted by Gasteiger charge is -2.19. The van der Waals surface area contributed by atoms with E-state index in [-0.39, 0.29) is 10.9 Å². The van der Waals surface area contributed by atoms with Gasteiger partial charge < -0.3 is 0 Å². The molecule has 0 saturated heterocycles. The molecule has 0 aliphatic rings. The van der Waals surface area contributed by atoms with Gasteiger partial charge in [0.15, 0.2) is 21.5 Å². The first-order valence-corrected chi connectivity index (χ1v) is 10.7. The Bertz CT molecular complexity index is 1360. The standard InChI is InChI=1S/C22H24N6O2S/c1-22(2,3)15-9-7-14(8-10-15)13-28-17-16(18(29)27(5)21(30)26(17)4)25-20(28)31-19-23-11-6-12-24-19/h6-12H,13H2,1-5H3. The van der Waals surface area contributed by atoms with Crippen LogP contribution in [0, 0.1) is 0 Å². The Hall–Kier alpha value is -3.20. The van der Waals surface area contributed by atoms with E-state index >= 15 is 0 Å². The Kier molecular flexibility index (Phi) is 5.30. The van der Waals surface area contributed by atoms with Gasteiger partial charge in [0.05, 0.1) is 6.54 Å². The minimum atomic E-state index is -0.421. The van der Waals surface area contributed by atoms with Gasteiger partial charge in [-0.2, -0.15) is 0 Å². The average molecular weight is 437 g/mol. The molecular formula is C22H24N6O2S. The maximum Gasteiger partial charge on any atom is 0.332 e. The Morgan fingerprint density at radius 3 is 2.23 bits per heavy atom. The molecule has 0 radical (unpaired) electrons. The number of imidazole rings is 1. The highest BCUT2D eigenvalue weighted by Crippen LogP contribution is 2.28. The maximum atomic E-state index is 12.8. The number of fused-ring (bicyclic) bond motifs is 1. The zero-order valence-corrected chi connectivity index (χ0v) is 19.0. The molecular weight excluding hydrogens is 412 g/mol. The van der Waals surface area contributed by atoms with Crippen LogP contribution < -0.4 is 11.2 Å². The fraction of sp³-hybridized carbons (Fsp3) is 0.318. The largest absolute Gasteiger partial charge is 0.332 e. The first-order valence-electron chi connectivity index (χ1n) is 9.87. The summed E-state index contributed by atoms with van der Waals surface area (Å²) in [6, 6.07) is 10.1. The molecule has 4 rings (SSSR count). The molecule has 0 bridgehead atoms. The van der Waals surface area contributed by atoms with Gasteiger partial charge in [0, 0.05) is 26.5 Å². The maximum absolute atomic E-state index is 12.8. The highest BCUT2D eigenvalue weighted by molar-refractivity contribution is 7.99. The van der Waals surface area contributed by atoms with E-state index in [0.717, 1.165) is 10.1 Å². The summed E-state index contributed by atoms with van der Waals surface area (Å²) in [5.41, 5.74) is 2.24. The minimum Gasteiger partial charge on any atom is -0.300 e. The number of nitrogens with zero attached hydrogens (tertiary/aromatic N) is 6. The third-order valence-corrected chi connectivity index (χ3v) is 6.08. The van der Waals surface area contributed by atoms with Crippen LogP contribution in [0.2, 0.25) is 0 Å². The average Bonchev–Trinajstić information content (AvgIpc) is 3.09. The normalized spacial score (nSPS) is 11.9. The molecule has 4 aromatic rings. The van der Waals surface area contributed by atoms with Crippen molar-refractivity contribution in [3.8, 4) is 0 Å². The second-order valence-electron chi connectivity index (χ2n) is 8.44. The van der Waals surface area contributed by atoms with Gasteiger partial charge in [-0.3, -0.25) is 18.5 Å². The SMILES string of the molecule is Cn1c(=O)c2nc(Sc3ncccn3)n(Cc3ccc(C(C)(C)C)cc3)c2n(C)c1=O. The first kappa shape index (κ1) is 21.0. The summed E-state index contributed by atoms with van der Waals surface area (Å²) in [6.45, 7) is 6.97. The first-order chi connectivity index (χ1) is 14.7. The number of aryl methyl sites for hydroxylation is 1. The fourth-order valence-corrected chi connectivity index (χ4v) is 4.19. The van der Waals surface area contributed by atoms with Gasteiger partial charge >= 0.3 is 5.69 Å². The third-order valence-electron chi connectivity index (χ3n) is 5.19. The molecule has 0 unspecified atom stereocenters. The van der Waals surface area contributed by atoms with Gasteiger partial charge in [-0.1, -0.05) is 45.0 Å². The van der Waals surface area contributed by atoms with Crippen molar-refractivity contribution in [2.24, 2.45) is 14.1 Å². The van der Waals surface area contributed by atoms with E-state index in [1.165, 1.54) is 28.9 Å². The van der Waals surface area contributed by atoms with Crippen molar-refractivity contribution in [2.45, 2.75) is 43.0 Å². The van der Waals surface area contributed by atoms with Gasteiger partial charge in [-0.05, 0) is 34.4 Å². The van der Waals surface area contributed by atoms with Crippen molar-refractivity contribution >= 4 is 22.9 Å². The monoisotopic (exact) mass is 436 g/mol. The topological polar surface area (TPSA) is 87.6 Å². The summed E-state index contributed by atoms with van der Waals surface area (Å²) < 4.78 is 4.42. The van der Waals surface area contributed by atoms with E-state index in [0.29, 0.717) is 22.5 Å². The fourth-order valence-electron chi connectivity index (χ4n) is 3.40. The highest BCUT2D eigenvalue weighted by Gasteiger charge is 2.21. The Balaban J connectivity index is 1.88. The van der Waals surface area contributed by atoms with Crippen LogP contribution in [0.25, 0.3) is 11.2 Å². The molecule has 8 nitrogen and oxygen atoms in total. The van der Waals surface area contributed by atoms with E-state index in [1.54, 1.807) is 25.5 Å². The van der Waals surface area contributed by atoms with Crippen LogP contribution in [-0.2, 0) is 26.1 Å². The lowest BCUT2D eigenvalue weighted by molar-refractivity contribution is 0.589. The van der Waals surface area contributed by atoms with Crippen molar-refractivity contribution in [2.75, 3.05) is 0 Å². The molecule has 31 heavy (non-hydrogen) atoms. The summed E-state index contributed by atoms with van der Waals surface area (Å²) in [5, 5.41) is 1.07. The zero-order chi connectivity index (χ0) is 22.3. The van der Waals surface area contributed by atoms with E-state index < -0.39 is 11.2 Å². The number of rotatable bonds is 4. The van der Waals surface area contributed by atoms with E-state index in [1.807, 2.05) is 4.57 Å². The molecule has 1 aromatic carbocycles. The summed E-state index contributed by atoms with van der Waals surface area (Å²) in [6.07, 6.45) is 3.31. The van der Waals surface area contributed by atoms with Crippen LogP contribution in [0.15, 0.2) is 62.6 Å². The van der Waals surface area contributed by atoms with E-state index in [4.69, 9.17) is 0 Å². The molecule has 0 N–H and O–H groups in total. The minimum absolute atomic E-state index is 0.0575.